The Bertz CT molecular complexity index is 2310. The smallest absolute Gasteiger partial charge is 0.509 e. The number of rotatable bonds is 10. The van der Waals surface area contributed by atoms with E-state index >= 15 is 0 Å². The van der Waals surface area contributed by atoms with Gasteiger partial charge >= 0.3 is 21.1 Å². The van der Waals surface area contributed by atoms with Crippen molar-refractivity contribution in [1.29, 1.82) is 0 Å². The van der Waals surface area contributed by atoms with E-state index < -0.39 is 0 Å². The summed E-state index contributed by atoms with van der Waals surface area (Å²) in [6.45, 7) is 18.0. The van der Waals surface area contributed by atoms with Gasteiger partial charge in [0, 0.05) is 35.0 Å². The van der Waals surface area contributed by atoms with Gasteiger partial charge in [-0.3, -0.25) is 4.68 Å². The number of fused-ring (bicyclic) bond motifs is 3. The predicted molar refractivity (Wildman–Crippen MR) is 210 cm³/mol. The number of hydrogen-bond donors (Lipinski definition) is 0. The van der Waals surface area contributed by atoms with Crippen LogP contribution in [0.2, 0.25) is 0 Å². The van der Waals surface area contributed by atoms with Crippen molar-refractivity contribution in [2.24, 2.45) is 11.8 Å². The van der Waals surface area contributed by atoms with Crippen LogP contribution in [-0.4, -0.2) is 19.3 Å². The van der Waals surface area contributed by atoms with Crippen LogP contribution in [-0.2, 0) is 45.7 Å². The molecular formula is C46H48N4OPt. The zero-order chi connectivity index (χ0) is 35.9. The monoisotopic (exact) mass is 867 g/mol. The first-order valence-electron chi connectivity index (χ1n) is 18.3. The molecule has 7 aromatic rings. The van der Waals surface area contributed by atoms with Crippen LogP contribution in [0, 0.1) is 24.0 Å². The Morgan fingerprint density at radius 2 is 1.52 bits per heavy atom. The standard InChI is InChI=1S/C46H48N4O.Pt/c1-9-32-19-20-47-44(23-32)50-42-16-11-10-15-40(42)41-18-17-38(27-43(41)50)51-39-25-36(46(6,7)8)24-37(26-39)49-29-35(28-48-49)45-33(21-30(2)3)13-12-14-34(45)22-31(4)5;/h10-20,23-25,28-31H,9,21-22H2,1-8H3;/q-2;+2. The normalized spacial score (nSPS) is 11.9. The molecule has 0 aliphatic heterocycles. The van der Waals surface area contributed by atoms with Gasteiger partial charge in [-0.05, 0) is 88.0 Å². The minimum Gasteiger partial charge on any atom is -0.509 e. The molecule has 5 nitrogen and oxygen atoms in total. The summed E-state index contributed by atoms with van der Waals surface area (Å²) in [6.07, 6.45) is 9.03. The van der Waals surface area contributed by atoms with E-state index in [1.807, 2.05) is 23.1 Å². The molecule has 52 heavy (non-hydrogen) atoms. The summed E-state index contributed by atoms with van der Waals surface area (Å²) in [5.41, 5.74) is 10.3. The Morgan fingerprint density at radius 1 is 0.788 bits per heavy atom. The van der Waals surface area contributed by atoms with E-state index in [0.717, 1.165) is 63.7 Å². The van der Waals surface area contributed by atoms with E-state index in [4.69, 9.17) is 14.8 Å². The summed E-state index contributed by atoms with van der Waals surface area (Å²) >= 11 is 0. The molecule has 4 aromatic carbocycles. The predicted octanol–water partition coefficient (Wildman–Crippen LogP) is 11.7. The number of aromatic nitrogens is 4. The van der Waals surface area contributed by atoms with E-state index in [9.17, 15) is 0 Å². The molecule has 0 saturated carbocycles. The number of nitrogens with zero attached hydrogens (tertiary/aromatic N) is 4. The average Bonchev–Trinajstić information content (AvgIpc) is 3.70. The summed E-state index contributed by atoms with van der Waals surface area (Å²) in [6, 6.07) is 35.0. The quantitative estimate of drug-likeness (QED) is 0.129. The van der Waals surface area contributed by atoms with E-state index in [0.29, 0.717) is 23.3 Å². The number of para-hydroxylation sites is 1. The maximum atomic E-state index is 6.65. The molecule has 0 fully saturated rings. The zero-order valence-corrected chi connectivity index (χ0v) is 33.8. The van der Waals surface area contributed by atoms with Crippen LogP contribution in [0.25, 0.3) is 44.4 Å². The molecule has 3 aromatic heterocycles. The number of hydrogen-bond acceptors (Lipinski definition) is 3. The molecule has 0 N–H and O–H groups in total. The van der Waals surface area contributed by atoms with Crippen molar-refractivity contribution in [3.05, 3.63) is 132 Å². The molecule has 268 valence electrons. The molecule has 0 amide bonds. The minimum atomic E-state index is -0.123. The molecule has 0 spiro atoms. The van der Waals surface area contributed by atoms with Gasteiger partial charge in [-0.1, -0.05) is 97.3 Å². The average molecular weight is 868 g/mol. The third-order valence-corrected chi connectivity index (χ3v) is 9.53. The zero-order valence-electron chi connectivity index (χ0n) is 31.5. The second-order valence-corrected chi connectivity index (χ2v) is 15.6. The number of ether oxygens (including phenoxy) is 1. The van der Waals surface area contributed by atoms with Crippen LogP contribution in [0.1, 0.15) is 77.6 Å². The van der Waals surface area contributed by atoms with Crippen LogP contribution < -0.4 is 4.74 Å². The molecule has 0 radical (unpaired) electrons. The van der Waals surface area contributed by atoms with Crippen molar-refractivity contribution in [2.75, 3.05) is 0 Å². The molecule has 6 heteroatoms. The first-order valence-corrected chi connectivity index (χ1v) is 18.3. The Labute approximate surface area is 323 Å². The third kappa shape index (κ3) is 7.66. The van der Waals surface area contributed by atoms with Crippen molar-refractivity contribution in [2.45, 2.75) is 80.1 Å². The van der Waals surface area contributed by atoms with Crippen LogP contribution in [0.3, 0.4) is 0 Å². The Morgan fingerprint density at radius 3 is 2.21 bits per heavy atom. The van der Waals surface area contributed by atoms with Gasteiger partial charge in [-0.2, -0.15) is 11.2 Å². The largest absolute Gasteiger partial charge is 2.00 e. The van der Waals surface area contributed by atoms with Gasteiger partial charge < -0.3 is 9.30 Å². The second-order valence-electron chi connectivity index (χ2n) is 15.6. The molecule has 7 rings (SSSR count). The van der Waals surface area contributed by atoms with Crippen molar-refractivity contribution >= 4 is 21.8 Å². The molecule has 3 heterocycles. The molecule has 0 unspecified atom stereocenters. The molecule has 0 bridgehead atoms. The first-order chi connectivity index (χ1) is 24.5. The number of pyridine rings is 1. The van der Waals surface area contributed by atoms with Crippen molar-refractivity contribution in [3.63, 3.8) is 0 Å². The number of aryl methyl sites for hydroxylation is 1. The number of benzene rings is 4. The van der Waals surface area contributed by atoms with Crippen LogP contribution in [0.4, 0.5) is 0 Å². The van der Waals surface area contributed by atoms with E-state index in [1.165, 1.54) is 22.3 Å². The Balaban J connectivity index is 0.00000464. The van der Waals surface area contributed by atoms with Crippen molar-refractivity contribution in [3.8, 4) is 34.1 Å². The third-order valence-electron chi connectivity index (χ3n) is 9.53. The fraction of sp³-hybridized carbons (Fsp3) is 0.304. The minimum absolute atomic E-state index is 0. The van der Waals surface area contributed by atoms with Gasteiger partial charge in [0.25, 0.3) is 0 Å². The second kappa shape index (κ2) is 15.2. The fourth-order valence-electron chi connectivity index (χ4n) is 7.06. The summed E-state index contributed by atoms with van der Waals surface area (Å²) in [5.74, 6) is 3.23. The van der Waals surface area contributed by atoms with Gasteiger partial charge in [0.05, 0.1) is 6.20 Å². The van der Waals surface area contributed by atoms with E-state index in [2.05, 4.69) is 151 Å². The molecule has 0 saturated heterocycles. The van der Waals surface area contributed by atoms with Gasteiger partial charge in [0.1, 0.15) is 5.82 Å². The van der Waals surface area contributed by atoms with Crippen LogP contribution >= 0.6 is 0 Å². The fourth-order valence-corrected chi connectivity index (χ4v) is 7.06. The summed E-state index contributed by atoms with van der Waals surface area (Å²) in [5, 5.41) is 7.17. The Hall–Kier alpha value is -4.47. The maximum Gasteiger partial charge on any atom is 2.00 e. The maximum absolute atomic E-state index is 6.65. The summed E-state index contributed by atoms with van der Waals surface area (Å²) < 4.78 is 10.8. The van der Waals surface area contributed by atoms with Crippen LogP contribution in [0.15, 0.2) is 97.5 Å². The first kappa shape index (κ1) is 37.3. The van der Waals surface area contributed by atoms with Gasteiger partial charge in [0.15, 0.2) is 0 Å². The van der Waals surface area contributed by atoms with Crippen LogP contribution in [0.5, 0.6) is 11.5 Å². The van der Waals surface area contributed by atoms with E-state index in [1.54, 1.807) is 0 Å². The molecular weight excluding hydrogens is 820 g/mol. The van der Waals surface area contributed by atoms with E-state index in [-0.39, 0.29) is 26.5 Å². The molecule has 0 aliphatic rings. The summed E-state index contributed by atoms with van der Waals surface area (Å²) in [7, 11) is 0. The van der Waals surface area contributed by atoms with Crippen molar-refractivity contribution in [1.82, 2.24) is 19.3 Å². The van der Waals surface area contributed by atoms with Gasteiger partial charge in [-0.25, -0.2) is 4.98 Å². The Kier molecular flexibility index (Phi) is 10.9. The topological polar surface area (TPSA) is 44.9 Å². The molecule has 0 aliphatic carbocycles. The van der Waals surface area contributed by atoms with Gasteiger partial charge in [-0.15, -0.1) is 41.3 Å². The molecule has 0 atom stereocenters. The van der Waals surface area contributed by atoms with Gasteiger partial charge in [0.2, 0.25) is 0 Å². The SMILES string of the molecule is CCc1ccnc(-n2c3[c-]c(Oc4[c-]c(-n5cc(-c6c(CC(C)C)cccc6CC(C)C)cn5)cc(C(C)(C)C)c4)ccc3c3ccccc32)c1.[Pt+2]. The summed E-state index contributed by atoms with van der Waals surface area (Å²) in [4.78, 5) is 4.78. The van der Waals surface area contributed by atoms with Crippen molar-refractivity contribution < 1.29 is 25.8 Å².